The lowest BCUT2D eigenvalue weighted by molar-refractivity contribution is 0.0974. The molecule has 1 aromatic carbocycles. The number of ether oxygens (including phenoxy) is 1. The molecule has 0 saturated heterocycles. The van der Waals surface area contributed by atoms with Crippen LogP contribution in [0.3, 0.4) is 0 Å². The molecule has 1 fully saturated rings. The van der Waals surface area contributed by atoms with Crippen molar-refractivity contribution in [1.29, 1.82) is 0 Å². The minimum absolute atomic E-state index is 0.141. The van der Waals surface area contributed by atoms with Crippen LogP contribution in [0.25, 0.3) is 0 Å². The number of benzene rings is 1. The van der Waals surface area contributed by atoms with Gasteiger partial charge in [-0.15, -0.1) is 0 Å². The summed E-state index contributed by atoms with van der Waals surface area (Å²) in [6.45, 7) is 8.69. The lowest BCUT2D eigenvalue weighted by Gasteiger charge is -2.48. The molecule has 1 aromatic rings. The van der Waals surface area contributed by atoms with Crippen molar-refractivity contribution in [1.82, 2.24) is 0 Å². The summed E-state index contributed by atoms with van der Waals surface area (Å²) in [4.78, 5) is 0. The van der Waals surface area contributed by atoms with E-state index in [1.165, 1.54) is 24.8 Å². The fraction of sp³-hybridized carbons (Fsp3) is 0.647. The Morgan fingerprint density at radius 2 is 1.84 bits per heavy atom. The van der Waals surface area contributed by atoms with Gasteiger partial charge in [0.1, 0.15) is 5.75 Å². The highest BCUT2D eigenvalue weighted by atomic mass is 16.5. The second kappa shape index (κ2) is 5.16. The van der Waals surface area contributed by atoms with E-state index in [4.69, 9.17) is 10.5 Å². The predicted molar refractivity (Wildman–Crippen MR) is 80.3 cm³/mol. The van der Waals surface area contributed by atoms with Crippen molar-refractivity contribution in [2.24, 2.45) is 11.1 Å². The van der Waals surface area contributed by atoms with Crippen molar-refractivity contribution in [3.63, 3.8) is 0 Å². The van der Waals surface area contributed by atoms with Crippen molar-refractivity contribution in [2.45, 2.75) is 65.0 Å². The van der Waals surface area contributed by atoms with Gasteiger partial charge in [0.25, 0.3) is 0 Å². The molecular weight excluding hydrogens is 234 g/mol. The first kappa shape index (κ1) is 14.4. The zero-order valence-corrected chi connectivity index (χ0v) is 12.7. The summed E-state index contributed by atoms with van der Waals surface area (Å²) in [6, 6.07) is 8.36. The van der Waals surface area contributed by atoms with Crippen LogP contribution >= 0.6 is 0 Å². The molecule has 2 heteroatoms. The molecule has 0 heterocycles. The van der Waals surface area contributed by atoms with Crippen molar-refractivity contribution in [3.05, 3.63) is 29.8 Å². The Balaban J connectivity index is 2.34. The molecule has 106 valence electrons. The zero-order chi connectivity index (χ0) is 14.1. The molecule has 0 amide bonds. The number of nitrogens with two attached hydrogens (primary N) is 1. The molecule has 1 saturated carbocycles. The maximum absolute atomic E-state index is 6.80. The van der Waals surface area contributed by atoms with E-state index >= 15 is 0 Å². The molecule has 1 unspecified atom stereocenters. The summed E-state index contributed by atoms with van der Waals surface area (Å²) in [6.07, 6.45) is 4.95. The Morgan fingerprint density at radius 3 is 2.47 bits per heavy atom. The Morgan fingerprint density at radius 1 is 1.16 bits per heavy atom. The van der Waals surface area contributed by atoms with Gasteiger partial charge in [-0.1, -0.05) is 38.8 Å². The minimum Gasteiger partial charge on any atom is -0.491 e. The van der Waals surface area contributed by atoms with Gasteiger partial charge in [-0.05, 0) is 49.8 Å². The molecule has 2 N–H and O–H groups in total. The fourth-order valence-electron chi connectivity index (χ4n) is 3.19. The van der Waals surface area contributed by atoms with E-state index in [0.29, 0.717) is 0 Å². The van der Waals surface area contributed by atoms with Gasteiger partial charge in [0.05, 0.1) is 6.10 Å². The normalized spacial score (nSPS) is 26.4. The molecule has 0 radical (unpaired) electrons. The molecule has 0 bridgehead atoms. The van der Waals surface area contributed by atoms with Crippen LogP contribution in [0, 0.1) is 5.41 Å². The highest BCUT2D eigenvalue weighted by molar-refractivity contribution is 5.35. The summed E-state index contributed by atoms with van der Waals surface area (Å²) >= 11 is 0. The van der Waals surface area contributed by atoms with Crippen LogP contribution < -0.4 is 10.5 Å². The summed E-state index contributed by atoms with van der Waals surface area (Å²) < 4.78 is 5.80. The first-order valence-corrected chi connectivity index (χ1v) is 7.41. The molecule has 1 atom stereocenters. The highest BCUT2D eigenvalue weighted by Gasteiger charge is 2.44. The van der Waals surface area contributed by atoms with E-state index in [-0.39, 0.29) is 17.1 Å². The Hall–Kier alpha value is -1.02. The van der Waals surface area contributed by atoms with Crippen molar-refractivity contribution >= 4 is 0 Å². The first-order valence-electron chi connectivity index (χ1n) is 7.41. The monoisotopic (exact) mass is 261 g/mol. The average Bonchev–Trinajstić information content (AvgIpc) is 2.32. The third kappa shape index (κ3) is 2.79. The number of rotatable bonds is 3. The lowest BCUT2D eigenvalue weighted by Crippen LogP contribution is -2.51. The molecule has 2 nitrogen and oxygen atoms in total. The molecule has 1 aliphatic carbocycles. The number of hydrogen-bond acceptors (Lipinski definition) is 2. The van der Waals surface area contributed by atoms with Crippen LogP contribution in [0.5, 0.6) is 5.75 Å². The SMILES string of the molecule is CC(C)Oc1cccc(C2(N)CCCCC2(C)C)c1. The van der Waals surface area contributed by atoms with Gasteiger partial charge in [0.2, 0.25) is 0 Å². The maximum Gasteiger partial charge on any atom is 0.120 e. The van der Waals surface area contributed by atoms with Crippen LogP contribution in [0.15, 0.2) is 24.3 Å². The second-order valence-electron chi connectivity index (χ2n) is 6.76. The quantitative estimate of drug-likeness (QED) is 0.883. The van der Waals surface area contributed by atoms with E-state index in [0.717, 1.165) is 12.2 Å². The Bertz CT molecular complexity index is 439. The van der Waals surface area contributed by atoms with Crippen LogP contribution in [0.2, 0.25) is 0 Å². The Kier molecular flexibility index (Phi) is 3.91. The topological polar surface area (TPSA) is 35.2 Å². The summed E-state index contributed by atoms with van der Waals surface area (Å²) in [5, 5.41) is 0. The third-order valence-corrected chi connectivity index (χ3v) is 4.55. The van der Waals surface area contributed by atoms with Gasteiger partial charge in [0.15, 0.2) is 0 Å². The standard InChI is InChI=1S/C17H27NO/c1-13(2)19-15-9-7-8-14(12-15)17(18)11-6-5-10-16(17,3)4/h7-9,12-13H,5-6,10-11,18H2,1-4H3. The molecule has 1 aliphatic rings. The van der Waals surface area contributed by atoms with Gasteiger partial charge in [-0.2, -0.15) is 0 Å². The zero-order valence-electron chi connectivity index (χ0n) is 12.7. The van der Waals surface area contributed by atoms with E-state index in [1.54, 1.807) is 0 Å². The van der Waals surface area contributed by atoms with Gasteiger partial charge >= 0.3 is 0 Å². The first-order chi connectivity index (χ1) is 8.85. The van der Waals surface area contributed by atoms with E-state index in [2.05, 4.69) is 45.9 Å². The fourth-order valence-corrected chi connectivity index (χ4v) is 3.19. The molecule has 0 aromatic heterocycles. The predicted octanol–water partition coefficient (Wildman–Crippen LogP) is 4.23. The Labute approximate surface area is 117 Å². The van der Waals surface area contributed by atoms with Crippen molar-refractivity contribution in [3.8, 4) is 5.75 Å². The highest BCUT2D eigenvalue weighted by Crippen LogP contribution is 2.48. The average molecular weight is 261 g/mol. The van der Waals surface area contributed by atoms with Crippen LogP contribution in [0.1, 0.15) is 58.9 Å². The van der Waals surface area contributed by atoms with Gasteiger partial charge in [-0.3, -0.25) is 0 Å². The van der Waals surface area contributed by atoms with Crippen LogP contribution in [-0.4, -0.2) is 6.10 Å². The molecule has 19 heavy (non-hydrogen) atoms. The van der Waals surface area contributed by atoms with E-state index < -0.39 is 0 Å². The van der Waals surface area contributed by atoms with Crippen molar-refractivity contribution < 1.29 is 4.74 Å². The second-order valence-corrected chi connectivity index (χ2v) is 6.76. The molecule has 2 rings (SSSR count). The van der Waals surface area contributed by atoms with E-state index in [1.807, 2.05) is 6.07 Å². The van der Waals surface area contributed by atoms with Gasteiger partial charge < -0.3 is 10.5 Å². The largest absolute Gasteiger partial charge is 0.491 e. The smallest absolute Gasteiger partial charge is 0.120 e. The number of hydrogen-bond donors (Lipinski definition) is 1. The molecule has 0 spiro atoms. The van der Waals surface area contributed by atoms with E-state index in [9.17, 15) is 0 Å². The summed E-state index contributed by atoms with van der Waals surface area (Å²) in [7, 11) is 0. The van der Waals surface area contributed by atoms with Crippen molar-refractivity contribution in [2.75, 3.05) is 0 Å². The maximum atomic E-state index is 6.80. The van der Waals surface area contributed by atoms with Crippen LogP contribution in [-0.2, 0) is 5.54 Å². The van der Waals surface area contributed by atoms with Gasteiger partial charge in [-0.25, -0.2) is 0 Å². The van der Waals surface area contributed by atoms with Gasteiger partial charge in [0, 0.05) is 5.54 Å². The molecule has 0 aliphatic heterocycles. The minimum atomic E-state index is -0.235. The summed E-state index contributed by atoms with van der Waals surface area (Å²) in [5.74, 6) is 0.929. The molecular formula is C17H27NO. The lowest BCUT2D eigenvalue weighted by atomic mass is 9.61. The summed E-state index contributed by atoms with van der Waals surface area (Å²) in [5.41, 5.74) is 7.93. The van der Waals surface area contributed by atoms with Crippen LogP contribution in [0.4, 0.5) is 0 Å². The third-order valence-electron chi connectivity index (χ3n) is 4.55.